The van der Waals surface area contributed by atoms with Crippen molar-refractivity contribution in [2.24, 2.45) is 0 Å². The highest BCUT2D eigenvalue weighted by molar-refractivity contribution is 9.11. The SMILES string of the molecule is Cc1nsc(NC(=O)/C=C/c2ccc(Br)s2)c1C(=O)O. The summed E-state index contributed by atoms with van der Waals surface area (Å²) < 4.78 is 4.91. The molecule has 2 rings (SSSR count). The topological polar surface area (TPSA) is 79.3 Å². The molecule has 0 saturated heterocycles. The Kier molecular flexibility index (Phi) is 4.69. The summed E-state index contributed by atoms with van der Waals surface area (Å²) in [6, 6.07) is 3.76. The highest BCUT2D eigenvalue weighted by atomic mass is 79.9. The molecule has 0 aliphatic heterocycles. The Morgan fingerprint density at radius 2 is 2.20 bits per heavy atom. The lowest BCUT2D eigenvalue weighted by molar-refractivity contribution is -0.111. The van der Waals surface area contributed by atoms with Crippen molar-refractivity contribution in [2.75, 3.05) is 5.32 Å². The second-order valence-electron chi connectivity index (χ2n) is 3.74. The minimum absolute atomic E-state index is 0.0376. The highest BCUT2D eigenvalue weighted by Gasteiger charge is 2.18. The zero-order valence-electron chi connectivity index (χ0n) is 10.2. The Hall–Kier alpha value is -1.51. The molecule has 0 bridgehead atoms. The Labute approximate surface area is 131 Å². The van der Waals surface area contributed by atoms with Crippen molar-refractivity contribution in [3.63, 3.8) is 0 Å². The second-order valence-corrected chi connectivity index (χ2v) is 7.01. The van der Waals surface area contributed by atoms with Crippen LogP contribution in [0, 0.1) is 6.92 Å². The normalized spacial score (nSPS) is 10.9. The summed E-state index contributed by atoms with van der Waals surface area (Å²) in [4.78, 5) is 23.7. The fourth-order valence-corrected chi connectivity index (χ4v) is 3.55. The van der Waals surface area contributed by atoms with E-state index in [1.165, 1.54) is 17.4 Å². The Balaban J connectivity index is 2.09. The number of carbonyl (C=O) groups is 2. The zero-order chi connectivity index (χ0) is 14.7. The molecule has 0 fully saturated rings. The molecule has 2 aromatic rings. The number of thiophene rings is 1. The summed E-state index contributed by atoms with van der Waals surface area (Å²) in [6.45, 7) is 1.59. The average Bonchev–Trinajstić information content (AvgIpc) is 2.93. The smallest absolute Gasteiger partial charge is 0.340 e. The largest absolute Gasteiger partial charge is 0.478 e. The van der Waals surface area contributed by atoms with Gasteiger partial charge in [0.1, 0.15) is 10.6 Å². The minimum atomic E-state index is -1.10. The molecule has 0 aliphatic rings. The van der Waals surface area contributed by atoms with Gasteiger partial charge in [0.2, 0.25) is 5.91 Å². The number of nitrogens with zero attached hydrogens (tertiary/aromatic N) is 1. The molecule has 104 valence electrons. The van der Waals surface area contributed by atoms with Gasteiger partial charge in [-0.25, -0.2) is 4.79 Å². The molecule has 8 heteroatoms. The summed E-state index contributed by atoms with van der Waals surface area (Å²) in [5, 5.41) is 11.8. The number of aryl methyl sites for hydroxylation is 1. The van der Waals surface area contributed by atoms with Crippen LogP contribution in [0.3, 0.4) is 0 Å². The van der Waals surface area contributed by atoms with Gasteiger partial charge in [0.25, 0.3) is 0 Å². The van der Waals surface area contributed by atoms with Crippen molar-refractivity contribution in [3.05, 3.63) is 38.1 Å². The number of hydrogen-bond acceptors (Lipinski definition) is 5. The molecule has 0 spiro atoms. The van der Waals surface area contributed by atoms with Crippen LogP contribution in [0.1, 0.15) is 20.9 Å². The number of anilines is 1. The standard InChI is InChI=1S/C12H9BrN2O3S2/c1-6-10(12(17)18)11(20-15-6)14-9(16)5-3-7-2-4-8(13)19-7/h2-5H,1H3,(H,14,16)(H,17,18)/b5-3+. The van der Waals surface area contributed by atoms with Gasteiger partial charge in [-0.05, 0) is 52.6 Å². The number of halogens is 1. The van der Waals surface area contributed by atoms with Gasteiger partial charge in [0.05, 0.1) is 9.48 Å². The third kappa shape index (κ3) is 3.53. The van der Waals surface area contributed by atoms with Crippen LogP contribution in [0.25, 0.3) is 6.08 Å². The molecule has 0 aromatic carbocycles. The molecule has 2 N–H and O–H groups in total. The Bertz CT molecular complexity index is 691. The fraction of sp³-hybridized carbons (Fsp3) is 0.0833. The van der Waals surface area contributed by atoms with E-state index < -0.39 is 5.97 Å². The molecule has 5 nitrogen and oxygen atoms in total. The van der Waals surface area contributed by atoms with E-state index in [2.05, 4.69) is 25.6 Å². The maximum atomic E-state index is 11.8. The zero-order valence-corrected chi connectivity index (χ0v) is 13.4. The van der Waals surface area contributed by atoms with E-state index >= 15 is 0 Å². The summed E-state index contributed by atoms with van der Waals surface area (Å²) >= 11 is 5.78. The molecule has 0 unspecified atom stereocenters. The van der Waals surface area contributed by atoms with Gasteiger partial charge in [-0.15, -0.1) is 11.3 Å². The van der Waals surface area contributed by atoms with Crippen molar-refractivity contribution in [2.45, 2.75) is 6.92 Å². The van der Waals surface area contributed by atoms with Crippen LogP contribution in [0.4, 0.5) is 5.00 Å². The van der Waals surface area contributed by atoms with Crippen molar-refractivity contribution in [3.8, 4) is 0 Å². The molecule has 0 atom stereocenters. The number of rotatable bonds is 4. The van der Waals surface area contributed by atoms with Gasteiger partial charge in [-0.3, -0.25) is 4.79 Å². The average molecular weight is 373 g/mol. The third-order valence-electron chi connectivity index (χ3n) is 2.31. The van der Waals surface area contributed by atoms with E-state index in [0.29, 0.717) is 5.69 Å². The maximum absolute atomic E-state index is 11.8. The van der Waals surface area contributed by atoms with Gasteiger partial charge >= 0.3 is 5.97 Å². The molecule has 0 radical (unpaired) electrons. The van der Waals surface area contributed by atoms with E-state index in [1.807, 2.05) is 12.1 Å². The lowest BCUT2D eigenvalue weighted by Gasteiger charge is -1.99. The predicted molar refractivity (Wildman–Crippen MR) is 83.5 cm³/mol. The number of aromatic carboxylic acids is 1. The van der Waals surface area contributed by atoms with Crippen molar-refractivity contribution in [1.29, 1.82) is 0 Å². The fourth-order valence-electron chi connectivity index (χ4n) is 1.44. The maximum Gasteiger partial charge on any atom is 0.340 e. The lowest BCUT2D eigenvalue weighted by atomic mass is 10.2. The number of aromatic nitrogens is 1. The highest BCUT2D eigenvalue weighted by Crippen LogP contribution is 2.25. The van der Waals surface area contributed by atoms with E-state index in [9.17, 15) is 9.59 Å². The van der Waals surface area contributed by atoms with Crippen LogP contribution in [-0.2, 0) is 4.79 Å². The number of carboxylic acid groups (broad SMARTS) is 1. The van der Waals surface area contributed by atoms with Crippen molar-refractivity contribution >= 4 is 61.8 Å². The summed E-state index contributed by atoms with van der Waals surface area (Å²) in [5.74, 6) is -1.49. The van der Waals surface area contributed by atoms with Crippen LogP contribution >= 0.6 is 38.8 Å². The summed E-state index contributed by atoms with van der Waals surface area (Å²) in [7, 11) is 0. The number of carbonyl (C=O) groups excluding carboxylic acids is 1. The van der Waals surface area contributed by atoms with Crippen molar-refractivity contribution < 1.29 is 14.7 Å². The van der Waals surface area contributed by atoms with Crippen LogP contribution in [0.15, 0.2) is 22.0 Å². The van der Waals surface area contributed by atoms with Crippen LogP contribution in [-0.4, -0.2) is 21.4 Å². The van der Waals surface area contributed by atoms with E-state index in [-0.39, 0.29) is 16.5 Å². The second kappa shape index (κ2) is 6.29. The molecule has 0 aliphatic carbocycles. The molecule has 0 saturated carbocycles. The molecule has 20 heavy (non-hydrogen) atoms. The molecule has 1 amide bonds. The van der Waals surface area contributed by atoms with Gasteiger partial charge in [0, 0.05) is 11.0 Å². The van der Waals surface area contributed by atoms with E-state index in [0.717, 1.165) is 20.2 Å². The third-order valence-corrected chi connectivity index (χ3v) is 4.75. The predicted octanol–water partition coefficient (Wildman–Crippen LogP) is 3.63. The first-order valence-corrected chi connectivity index (χ1v) is 7.79. The van der Waals surface area contributed by atoms with E-state index in [4.69, 9.17) is 5.11 Å². The first-order valence-electron chi connectivity index (χ1n) is 5.41. The van der Waals surface area contributed by atoms with E-state index in [1.54, 1.807) is 13.0 Å². The lowest BCUT2D eigenvalue weighted by Crippen LogP contribution is -2.10. The van der Waals surface area contributed by atoms with Crippen LogP contribution < -0.4 is 5.32 Å². The number of nitrogens with one attached hydrogen (secondary N) is 1. The van der Waals surface area contributed by atoms with Gasteiger partial charge in [0.15, 0.2) is 0 Å². The van der Waals surface area contributed by atoms with Gasteiger partial charge in [-0.1, -0.05) is 0 Å². The minimum Gasteiger partial charge on any atom is -0.478 e. The van der Waals surface area contributed by atoms with Crippen molar-refractivity contribution in [1.82, 2.24) is 4.37 Å². The monoisotopic (exact) mass is 372 g/mol. The molecular weight excluding hydrogens is 364 g/mol. The summed E-state index contributed by atoms with van der Waals surface area (Å²) in [5.41, 5.74) is 0.430. The Morgan fingerprint density at radius 1 is 1.45 bits per heavy atom. The number of amides is 1. The number of hydrogen-bond donors (Lipinski definition) is 2. The molecule has 2 aromatic heterocycles. The summed E-state index contributed by atoms with van der Waals surface area (Å²) in [6.07, 6.45) is 3.03. The Morgan fingerprint density at radius 3 is 2.80 bits per heavy atom. The first-order chi connectivity index (χ1) is 9.47. The molecular formula is C12H9BrN2O3S2. The quantitative estimate of drug-likeness (QED) is 0.803. The van der Waals surface area contributed by atoms with Crippen LogP contribution in [0.5, 0.6) is 0 Å². The van der Waals surface area contributed by atoms with Gasteiger partial charge in [-0.2, -0.15) is 4.37 Å². The first kappa shape index (κ1) is 14.9. The molecule has 2 heterocycles. The van der Waals surface area contributed by atoms with Gasteiger partial charge < -0.3 is 10.4 Å². The van der Waals surface area contributed by atoms with Crippen LogP contribution in [0.2, 0.25) is 0 Å². The number of carboxylic acids is 1.